The van der Waals surface area contributed by atoms with Crippen LogP contribution in [0.2, 0.25) is 0 Å². The summed E-state index contributed by atoms with van der Waals surface area (Å²) in [5.74, 6) is -0.352. The van der Waals surface area contributed by atoms with Crippen molar-refractivity contribution in [2.75, 3.05) is 6.61 Å². The number of amides is 2. The molecule has 1 aliphatic heterocycles. The molecule has 0 aromatic heterocycles. The smallest absolute Gasteiger partial charge is 0.266 e. The minimum Gasteiger partial charge on any atom is -0.344 e. The number of carbonyl (C=O) groups excluding carboxylic acids is 2. The Bertz CT molecular complexity index is 193. The van der Waals surface area contributed by atoms with Crippen molar-refractivity contribution in [1.29, 1.82) is 0 Å². The summed E-state index contributed by atoms with van der Waals surface area (Å²) >= 11 is 0. The molecule has 0 unspecified atom stereocenters. The van der Waals surface area contributed by atoms with Crippen LogP contribution in [0, 0.1) is 0 Å². The van der Waals surface area contributed by atoms with Gasteiger partial charge in [-0.2, -0.15) is 0 Å². The van der Waals surface area contributed by atoms with E-state index >= 15 is 0 Å². The van der Waals surface area contributed by atoms with E-state index in [0.717, 1.165) is 0 Å². The molecule has 0 spiro atoms. The summed E-state index contributed by atoms with van der Waals surface area (Å²) in [5, 5.41) is 2.53. The van der Waals surface area contributed by atoms with E-state index in [4.69, 9.17) is 4.84 Å². The number of hydrogen-bond donors (Lipinski definition) is 2. The molecule has 5 nitrogen and oxygen atoms in total. The van der Waals surface area contributed by atoms with E-state index in [1.807, 2.05) is 0 Å². The monoisotopic (exact) mass is 172 g/mol. The summed E-state index contributed by atoms with van der Waals surface area (Å²) in [6.45, 7) is 2.19. The second-order valence-corrected chi connectivity index (χ2v) is 2.56. The van der Waals surface area contributed by atoms with Gasteiger partial charge in [0.2, 0.25) is 5.91 Å². The molecule has 0 aromatic carbocycles. The third-order valence-electron chi connectivity index (χ3n) is 1.63. The molecule has 1 fully saturated rings. The Labute approximate surface area is 70.4 Å². The van der Waals surface area contributed by atoms with E-state index in [2.05, 4.69) is 10.8 Å². The van der Waals surface area contributed by atoms with Crippen LogP contribution in [0.1, 0.15) is 19.8 Å². The standard InChI is InChI=1S/C7H12N2O3/c1-2-12-9-7(11)5-3-4-6(10)8-5/h5H,2-4H2,1H3,(H,8,10)(H,9,11)/t5-/m1/s1. The van der Waals surface area contributed by atoms with Gasteiger partial charge in [0.15, 0.2) is 0 Å². The van der Waals surface area contributed by atoms with Crippen molar-refractivity contribution in [3.8, 4) is 0 Å². The van der Waals surface area contributed by atoms with E-state index in [-0.39, 0.29) is 11.8 Å². The van der Waals surface area contributed by atoms with Gasteiger partial charge in [-0.15, -0.1) is 0 Å². The number of nitrogens with one attached hydrogen (secondary N) is 2. The lowest BCUT2D eigenvalue weighted by atomic mass is 10.2. The predicted molar refractivity (Wildman–Crippen MR) is 40.9 cm³/mol. The number of carbonyl (C=O) groups is 2. The van der Waals surface area contributed by atoms with Crippen molar-refractivity contribution in [3.05, 3.63) is 0 Å². The highest BCUT2D eigenvalue weighted by Gasteiger charge is 2.26. The van der Waals surface area contributed by atoms with Gasteiger partial charge in [-0.25, -0.2) is 5.48 Å². The maximum absolute atomic E-state index is 11.1. The van der Waals surface area contributed by atoms with Gasteiger partial charge in [0, 0.05) is 6.42 Å². The Morgan fingerprint density at radius 3 is 3.08 bits per heavy atom. The Balaban J connectivity index is 2.28. The Kier molecular flexibility index (Phi) is 3.04. The van der Waals surface area contributed by atoms with Crippen molar-refractivity contribution in [3.63, 3.8) is 0 Å². The third-order valence-corrected chi connectivity index (χ3v) is 1.63. The Morgan fingerprint density at radius 1 is 1.83 bits per heavy atom. The highest BCUT2D eigenvalue weighted by molar-refractivity contribution is 5.90. The molecule has 5 heteroatoms. The maximum atomic E-state index is 11.1. The van der Waals surface area contributed by atoms with Crippen LogP contribution >= 0.6 is 0 Å². The molecular formula is C7H12N2O3. The molecule has 0 aliphatic carbocycles. The van der Waals surface area contributed by atoms with Gasteiger partial charge >= 0.3 is 0 Å². The minimum atomic E-state index is -0.413. The quantitative estimate of drug-likeness (QED) is 0.555. The summed E-state index contributed by atoms with van der Waals surface area (Å²) in [5.41, 5.74) is 2.24. The molecule has 68 valence electrons. The molecule has 1 aliphatic rings. The zero-order valence-corrected chi connectivity index (χ0v) is 6.92. The first kappa shape index (κ1) is 8.99. The van der Waals surface area contributed by atoms with Gasteiger partial charge < -0.3 is 5.32 Å². The second kappa shape index (κ2) is 4.06. The van der Waals surface area contributed by atoms with Crippen LogP contribution in [0.3, 0.4) is 0 Å². The van der Waals surface area contributed by atoms with Gasteiger partial charge in [0.25, 0.3) is 5.91 Å². The summed E-state index contributed by atoms with van der Waals surface area (Å²) in [7, 11) is 0. The highest BCUT2D eigenvalue weighted by atomic mass is 16.6. The molecule has 1 atom stereocenters. The molecule has 1 saturated heterocycles. The second-order valence-electron chi connectivity index (χ2n) is 2.56. The predicted octanol–water partition coefficient (Wildman–Crippen LogP) is -0.667. The molecule has 1 heterocycles. The SMILES string of the molecule is CCONC(=O)[C@H]1CCC(=O)N1. The van der Waals surface area contributed by atoms with Gasteiger partial charge in [0.05, 0.1) is 6.61 Å². The van der Waals surface area contributed by atoms with Crippen LogP contribution < -0.4 is 10.8 Å². The normalized spacial score (nSPS) is 22.1. The van der Waals surface area contributed by atoms with Crippen molar-refractivity contribution in [1.82, 2.24) is 10.8 Å². The van der Waals surface area contributed by atoms with E-state index in [1.54, 1.807) is 6.92 Å². The van der Waals surface area contributed by atoms with Crippen molar-refractivity contribution >= 4 is 11.8 Å². The van der Waals surface area contributed by atoms with Crippen molar-refractivity contribution in [2.24, 2.45) is 0 Å². The Hall–Kier alpha value is -1.10. The first-order chi connectivity index (χ1) is 5.74. The van der Waals surface area contributed by atoms with E-state index in [0.29, 0.717) is 19.4 Å². The van der Waals surface area contributed by atoms with Gasteiger partial charge in [0.1, 0.15) is 6.04 Å². The molecular weight excluding hydrogens is 160 g/mol. The van der Waals surface area contributed by atoms with Crippen LogP contribution in [-0.2, 0) is 14.4 Å². The first-order valence-corrected chi connectivity index (χ1v) is 3.95. The van der Waals surface area contributed by atoms with Crippen LogP contribution in [0.15, 0.2) is 0 Å². The van der Waals surface area contributed by atoms with Crippen molar-refractivity contribution < 1.29 is 14.4 Å². The molecule has 0 saturated carbocycles. The molecule has 0 bridgehead atoms. The maximum Gasteiger partial charge on any atom is 0.266 e. The van der Waals surface area contributed by atoms with Crippen LogP contribution in [0.25, 0.3) is 0 Å². The molecule has 0 radical (unpaired) electrons. The lowest BCUT2D eigenvalue weighted by molar-refractivity contribution is -0.136. The fraction of sp³-hybridized carbons (Fsp3) is 0.714. The average molecular weight is 172 g/mol. The van der Waals surface area contributed by atoms with Crippen LogP contribution in [0.4, 0.5) is 0 Å². The number of hydrogen-bond acceptors (Lipinski definition) is 3. The minimum absolute atomic E-state index is 0.0772. The molecule has 1 rings (SSSR count). The van der Waals surface area contributed by atoms with Gasteiger partial charge in [-0.1, -0.05) is 0 Å². The zero-order valence-electron chi connectivity index (χ0n) is 6.92. The van der Waals surface area contributed by atoms with E-state index in [9.17, 15) is 9.59 Å². The van der Waals surface area contributed by atoms with Crippen molar-refractivity contribution in [2.45, 2.75) is 25.8 Å². The molecule has 0 aromatic rings. The average Bonchev–Trinajstić information content (AvgIpc) is 2.47. The van der Waals surface area contributed by atoms with E-state index < -0.39 is 6.04 Å². The topological polar surface area (TPSA) is 67.4 Å². The van der Waals surface area contributed by atoms with Gasteiger partial charge in [-0.3, -0.25) is 14.4 Å². The summed E-state index contributed by atoms with van der Waals surface area (Å²) < 4.78 is 0. The fourth-order valence-electron chi connectivity index (χ4n) is 1.03. The van der Waals surface area contributed by atoms with Crippen LogP contribution in [0.5, 0.6) is 0 Å². The summed E-state index contributed by atoms with van der Waals surface area (Å²) in [6, 6.07) is -0.413. The molecule has 2 amide bonds. The Morgan fingerprint density at radius 2 is 2.58 bits per heavy atom. The largest absolute Gasteiger partial charge is 0.344 e. The lowest BCUT2D eigenvalue weighted by Gasteiger charge is -2.09. The highest BCUT2D eigenvalue weighted by Crippen LogP contribution is 2.05. The molecule has 12 heavy (non-hydrogen) atoms. The summed E-state index contributed by atoms with van der Waals surface area (Å²) in [4.78, 5) is 26.5. The number of rotatable bonds is 3. The first-order valence-electron chi connectivity index (χ1n) is 3.95. The van der Waals surface area contributed by atoms with E-state index in [1.165, 1.54) is 0 Å². The van der Waals surface area contributed by atoms with Crippen LogP contribution in [-0.4, -0.2) is 24.5 Å². The summed E-state index contributed by atoms with van der Waals surface area (Å²) in [6.07, 6.45) is 0.974. The number of hydroxylamine groups is 1. The zero-order chi connectivity index (χ0) is 8.97. The molecule has 2 N–H and O–H groups in total. The van der Waals surface area contributed by atoms with Gasteiger partial charge in [-0.05, 0) is 13.3 Å². The third kappa shape index (κ3) is 2.20. The lowest BCUT2D eigenvalue weighted by Crippen LogP contribution is -2.41. The fourth-order valence-corrected chi connectivity index (χ4v) is 1.03.